The summed E-state index contributed by atoms with van der Waals surface area (Å²) in [7, 11) is 0. The predicted molar refractivity (Wildman–Crippen MR) is 107 cm³/mol. The van der Waals surface area contributed by atoms with Crippen LogP contribution in [0.1, 0.15) is 41.9 Å². The fourth-order valence-electron chi connectivity index (χ4n) is 4.56. The molecule has 156 valence electrons. The molecule has 4 rings (SSSR count). The standard InChI is InChI=1S/C21H26F3N5/c22-21(23,24)16-5-3-14(4-6-16)18(12-25)15-7-10-29(11-8-15)20-17-2-1-9-26-19(17)27-13-28-20/h3-6,13,15,18H,1-2,7-12,25H2,(H,26,27,28). The minimum Gasteiger partial charge on any atom is -0.370 e. The van der Waals surface area contributed by atoms with Crippen LogP contribution in [0.2, 0.25) is 0 Å². The fourth-order valence-corrected chi connectivity index (χ4v) is 4.56. The molecule has 2 aliphatic heterocycles. The molecule has 1 fully saturated rings. The van der Waals surface area contributed by atoms with Gasteiger partial charge in [0.1, 0.15) is 18.0 Å². The maximum absolute atomic E-state index is 12.8. The number of hydrogen-bond donors (Lipinski definition) is 2. The Morgan fingerprint density at radius 1 is 1.14 bits per heavy atom. The maximum Gasteiger partial charge on any atom is 0.416 e. The van der Waals surface area contributed by atoms with Gasteiger partial charge in [0, 0.05) is 25.2 Å². The highest BCUT2D eigenvalue weighted by Gasteiger charge is 2.32. The van der Waals surface area contributed by atoms with E-state index < -0.39 is 11.7 Å². The zero-order valence-electron chi connectivity index (χ0n) is 16.3. The maximum atomic E-state index is 12.8. The van der Waals surface area contributed by atoms with Gasteiger partial charge in [0.2, 0.25) is 0 Å². The van der Waals surface area contributed by atoms with Crippen LogP contribution in [0.3, 0.4) is 0 Å². The number of hydrogen-bond acceptors (Lipinski definition) is 5. The molecule has 5 nitrogen and oxygen atoms in total. The number of halogens is 3. The first-order valence-electron chi connectivity index (χ1n) is 10.2. The molecule has 1 saturated heterocycles. The Balaban J connectivity index is 1.45. The van der Waals surface area contributed by atoms with Gasteiger partial charge in [0.15, 0.2) is 0 Å². The van der Waals surface area contributed by atoms with Gasteiger partial charge in [-0.05, 0) is 61.8 Å². The van der Waals surface area contributed by atoms with Crippen molar-refractivity contribution in [3.8, 4) is 0 Å². The average molecular weight is 405 g/mol. The second-order valence-corrected chi connectivity index (χ2v) is 7.84. The van der Waals surface area contributed by atoms with E-state index in [1.165, 1.54) is 5.56 Å². The lowest BCUT2D eigenvalue weighted by Crippen LogP contribution is -2.38. The van der Waals surface area contributed by atoms with Gasteiger partial charge in [-0.1, -0.05) is 12.1 Å². The van der Waals surface area contributed by atoms with Gasteiger partial charge in [0.25, 0.3) is 0 Å². The third-order valence-electron chi connectivity index (χ3n) is 6.15. The van der Waals surface area contributed by atoms with Gasteiger partial charge in [-0.25, -0.2) is 9.97 Å². The zero-order chi connectivity index (χ0) is 20.4. The second-order valence-electron chi connectivity index (χ2n) is 7.84. The van der Waals surface area contributed by atoms with Crippen LogP contribution in [0.15, 0.2) is 30.6 Å². The highest BCUT2D eigenvalue weighted by Crippen LogP contribution is 2.37. The van der Waals surface area contributed by atoms with Crippen LogP contribution < -0.4 is 16.0 Å². The molecule has 1 aromatic heterocycles. The molecular weight excluding hydrogens is 379 g/mol. The number of alkyl halides is 3. The molecule has 8 heteroatoms. The summed E-state index contributed by atoms with van der Waals surface area (Å²) in [5, 5.41) is 3.34. The van der Waals surface area contributed by atoms with E-state index in [9.17, 15) is 13.2 Å². The molecule has 0 bridgehead atoms. The molecule has 2 aliphatic rings. The van der Waals surface area contributed by atoms with Crippen molar-refractivity contribution < 1.29 is 13.2 Å². The average Bonchev–Trinajstić information content (AvgIpc) is 2.74. The topological polar surface area (TPSA) is 67.1 Å². The summed E-state index contributed by atoms with van der Waals surface area (Å²) < 4.78 is 38.5. The van der Waals surface area contributed by atoms with Gasteiger partial charge in [-0.15, -0.1) is 0 Å². The quantitative estimate of drug-likeness (QED) is 0.810. The van der Waals surface area contributed by atoms with Gasteiger partial charge in [-0.2, -0.15) is 13.2 Å². The summed E-state index contributed by atoms with van der Waals surface area (Å²) in [6.45, 7) is 3.11. The number of nitrogens with one attached hydrogen (secondary N) is 1. The molecule has 0 saturated carbocycles. The molecule has 1 atom stereocenters. The third-order valence-corrected chi connectivity index (χ3v) is 6.15. The zero-order valence-corrected chi connectivity index (χ0v) is 16.3. The van der Waals surface area contributed by atoms with Gasteiger partial charge in [0.05, 0.1) is 5.56 Å². The molecule has 29 heavy (non-hydrogen) atoms. The number of fused-ring (bicyclic) bond motifs is 1. The fraction of sp³-hybridized carbons (Fsp3) is 0.524. The van der Waals surface area contributed by atoms with Gasteiger partial charge >= 0.3 is 6.18 Å². The first kappa shape index (κ1) is 19.9. The number of nitrogens with two attached hydrogens (primary N) is 1. The molecule has 1 unspecified atom stereocenters. The van der Waals surface area contributed by atoms with E-state index in [1.54, 1.807) is 18.5 Å². The lowest BCUT2D eigenvalue weighted by molar-refractivity contribution is -0.137. The number of piperidine rings is 1. The summed E-state index contributed by atoms with van der Waals surface area (Å²) in [5.41, 5.74) is 7.50. The number of benzene rings is 1. The van der Waals surface area contributed by atoms with Crippen molar-refractivity contribution in [2.24, 2.45) is 11.7 Å². The summed E-state index contributed by atoms with van der Waals surface area (Å²) in [5.74, 6) is 2.37. The molecular formula is C21H26F3N5. The van der Waals surface area contributed by atoms with Crippen molar-refractivity contribution in [1.82, 2.24) is 9.97 Å². The molecule has 2 aromatic rings. The van der Waals surface area contributed by atoms with Crippen LogP contribution in [0, 0.1) is 5.92 Å². The minimum absolute atomic E-state index is 0.0698. The van der Waals surface area contributed by atoms with Crippen molar-refractivity contribution in [1.29, 1.82) is 0 Å². The van der Waals surface area contributed by atoms with Crippen molar-refractivity contribution >= 4 is 11.6 Å². The van der Waals surface area contributed by atoms with Crippen molar-refractivity contribution in [2.75, 3.05) is 36.4 Å². The minimum atomic E-state index is -4.31. The second kappa shape index (κ2) is 8.18. The smallest absolute Gasteiger partial charge is 0.370 e. The molecule has 0 amide bonds. The number of anilines is 2. The van der Waals surface area contributed by atoms with Gasteiger partial charge in [-0.3, -0.25) is 0 Å². The van der Waals surface area contributed by atoms with Gasteiger partial charge < -0.3 is 16.0 Å². The Morgan fingerprint density at radius 2 is 1.86 bits per heavy atom. The van der Waals surface area contributed by atoms with Crippen LogP contribution in [-0.2, 0) is 12.6 Å². The lowest BCUT2D eigenvalue weighted by atomic mass is 9.80. The first-order chi connectivity index (χ1) is 14.0. The van der Waals surface area contributed by atoms with E-state index in [4.69, 9.17) is 5.73 Å². The largest absolute Gasteiger partial charge is 0.416 e. The molecule has 1 aromatic carbocycles. The normalized spacial score (nSPS) is 18.8. The monoisotopic (exact) mass is 405 g/mol. The molecule has 3 N–H and O–H groups in total. The van der Waals surface area contributed by atoms with E-state index in [-0.39, 0.29) is 5.92 Å². The van der Waals surface area contributed by atoms with E-state index in [1.807, 2.05) is 0 Å². The Hall–Kier alpha value is -2.35. The summed E-state index contributed by atoms with van der Waals surface area (Å²) in [4.78, 5) is 11.2. The van der Waals surface area contributed by atoms with E-state index in [2.05, 4.69) is 20.2 Å². The van der Waals surface area contributed by atoms with Crippen LogP contribution in [0.4, 0.5) is 24.8 Å². The van der Waals surface area contributed by atoms with E-state index >= 15 is 0 Å². The third kappa shape index (κ3) is 4.17. The summed E-state index contributed by atoms with van der Waals surface area (Å²) in [6, 6.07) is 5.49. The first-order valence-corrected chi connectivity index (χ1v) is 10.2. The number of nitrogens with zero attached hydrogens (tertiary/aromatic N) is 3. The van der Waals surface area contributed by atoms with Crippen LogP contribution in [-0.4, -0.2) is 36.1 Å². The number of rotatable bonds is 4. The predicted octanol–water partition coefficient (Wildman–Crippen LogP) is 3.81. The van der Waals surface area contributed by atoms with Crippen LogP contribution in [0.25, 0.3) is 0 Å². The SMILES string of the molecule is NCC(c1ccc(C(F)(F)F)cc1)C1CCN(c2ncnc3c2CCCN3)CC1. The summed E-state index contributed by atoms with van der Waals surface area (Å²) >= 11 is 0. The van der Waals surface area contributed by atoms with Crippen molar-refractivity contribution in [3.63, 3.8) is 0 Å². The Bertz CT molecular complexity index is 829. The molecule has 0 radical (unpaired) electrons. The van der Waals surface area contributed by atoms with Crippen LogP contribution >= 0.6 is 0 Å². The lowest BCUT2D eigenvalue weighted by Gasteiger charge is -2.37. The Kier molecular flexibility index (Phi) is 5.63. The summed E-state index contributed by atoms with van der Waals surface area (Å²) in [6.07, 6.45) is 1.24. The Labute approximate surface area is 168 Å². The van der Waals surface area contributed by atoms with Crippen LogP contribution in [0.5, 0.6) is 0 Å². The Morgan fingerprint density at radius 3 is 2.52 bits per heavy atom. The van der Waals surface area contributed by atoms with Crippen molar-refractivity contribution in [2.45, 2.75) is 37.8 Å². The highest BCUT2D eigenvalue weighted by atomic mass is 19.4. The molecule has 0 spiro atoms. The molecule has 3 heterocycles. The molecule has 0 aliphatic carbocycles. The van der Waals surface area contributed by atoms with Crippen molar-refractivity contribution in [3.05, 3.63) is 47.3 Å². The van der Waals surface area contributed by atoms with E-state index in [0.29, 0.717) is 12.5 Å². The van der Waals surface area contributed by atoms with E-state index in [0.717, 1.165) is 74.6 Å². The highest BCUT2D eigenvalue weighted by molar-refractivity contribution is 5.60. The number of aromatic nitrogens is 2.